The van der Waals surface area contributed by atoms with Gasteiger partial charge in [0, 0.05) is 5.56 Å². The summed E-state index contributed by atoms with van der Waals surface area (Å²) in [5, 5.41) is 0. The van der Waals surface area contributed by atoms with E-state index in [9.17, 15) is 0 Å². The second-order valence-corrected chi connectivity index (χ2v) is 5.23. The van der Waals surface area contributed by atoms with E-state index in [4.69, 9.17) is 18.9 Å². The third-order valence-corrected chi connectivity index (χ3v) is 4.10. The van der Waals surface area contributed by atoms with E-state index in [0.29, 0.717) is 11.5 Å². The van der Waals surface area contributed by atoms with Crippen LogP contribution < -0.4 is 18.9 Å². The van der Waals surface area contributed by atoms with E-state index < -0.39 is 0 Å². The highest BCUT2D eigenvalue weighted by Crippen LogP contribution is 2.47. The number of hydrogen-bond donors (Lipinski definition) is 0. The van der Waals surface area contributed by atoms with Crippen LogP contribution in [-0.2, 0) is 6.42 Å². The van der Waals surface area contributed by atoms with E-state index in [2.05, 4.69) is 18.2 Å². The third kappa shape index (κ3) is 2.50. The topological polar surface area (TPSA) is 36.9 Å². The van der Waals surface area contributed by atoms with Crippen molar-refractivity contribution in [1.29, 1.82) is 0 Å². The predicted octanol–water partition coefficient (Wildman–Crippen LogP) is 3.96. The van der Waals surface area contributed by atoms with Gasteiger partial charge >= 0.3 is 0 Å². The second-order valence-electron chi connectivity index (χ2n) is 5.23. The Morgan fingerprint density at radius 1 is 0.783 bits per heavy atom. The quantitative estimate of drug-likeness (QED) is 0.856. The van der Waals surface area contributed by atoms with E-state index in [0.717, 1.165) is 40.2 Å². The van der Waals surface area contributed by atoms with Crippen molar-refractivity contribution in [3.8, 4) is 34.1 Å². The summed E-state index contributed by atoms with van der Waals surface area (Å²) in [6, 6.07) is 8.07. The van der Waals surface area contributed by atoms with Crippen LogP contribution in [0.1, 0.15) is 11.1 Å². The first-order valence-corrected chi connectivity index (χ1v) is 7.40. The predicted molar refractivity (Wildman–Crippen MR) is 90.8 cm³/mol. The summed E-state index contributed by atoms with van der Waals surface area (Å²) in [7, 11) is 6.58. The molecule has 3 rings (SSSR count). The number of allylic oxidation sites excluding steroid dienone is 1. The molecule has 2 aromatic rings. The van der Waals surface area contributed by atoms with Crippen molar-refractivity contribution >= 4 is 6.08 Å². The molecule has 4 nitrogen and oxygen atoms in total. The van der Waals surface area contributed by atoms with E-state index in [1.54, 1.807) is 28.4 Å². The molecule has 0 heterocycles. The van der Waals surface area contributed by atoms with E-state index in [1.807, 2.05) is 18.2 Å². The van der Waals surface area contributed by atoms with Crippen LogP contribution in [-0.4, -0.2) is 28.4 Å². The minimum absolute atomic E-state index is 0.624. The molecule has 0 N–H and O–H groups in total. The zero-order valence-corrected chi connectivity index (χ0v) is 13.8. The van der Waals surface area contributed by atoms with Crippen LogP contribution >= 0.6 is 0 Å². The summed E-state index contributed by atoms with van der Waals surface area (Å²) in [6.45, 7) is 0. The van der Waals surface area contributed by atoms with Crippen LogP contribution in [0.5, 0.6) is 23.0 Å². The average Bonchev–Trinajstić information content (AvgIpc) is 2.78. The summed E-state index contributed by atoms with van der Waals surface area (Å²) < 4.78 is 22.0. The SMILES string of the molecule is COc1ccc2c(c1)C=CCc1c-2cc(OC)c(OC)c1OC. The van der Waals surface area contributed by atoms with Crippen LogP contribution in [0.2, 0.25) is 0 Å². The highest BCUT2D eigenvalue weighted by molar-refractivity contribution is 5.84. The van der Waals surface area contributed by atoms with Gasteiger partial charge in [-0.2, -0.15) is 0 Å². The van der Waals surface area contributed by atoms with Gasteiger partial charge in [0.15, 0.2) is 11.5 Å². The van der Waals surface area contributed by atoms with Crippen LogP contribution in [0.15, 0.2) is 30.3 Å². The summed E-state index contributed by atoms with van der Waals surface area (Å²) >= 11 is 0. The fourth-order valence-electron chi connectivity index (χ4n) is 3.01. The molecule has 1 aliphatic carbocycles. The first-order valence-electron chi connectivity index (χ1n) is 7.40. The van der Waals surface area contributed by atoms with Crippen molar-refractivity contribution in [2.45, 2.75) is 6.42 Å². The fraction of sp³-hybridized carbons (Fsp3) is 0.263. The molecule has 0 aliphatic heterocycles. The fourth-order valence-corrected chi connectivity index (χ4v) is 3.01. The Morgan fingerprint density at radius 3 is 2.22 bits per heavy atom. The van der Waals surface area contributed by atoms with Crippen molar-refractivity contribution in [3.63, 3.8) is 0 Å². The number of fused-ring (bicyclic) bond motifs is 3. The lowest BCUT2D eigenvalue weighted by Gasteiger charge is -2.19. The van der Waals surface area contributed by atoms with E-state index in [1.165, 1.54) is 0 Å². The molecule has 120 valence electrons. The van der Waals surface area contributed by atoms with Crippen molar-refractivity contribution in [2.75, 3.05) is 28.4 Å². The molecular weight excluding hydrogens is 292 g/mol. The first kappa shape index (κ1) is 15.3. The van der Waals surface area contributed by atoms with Gasteiger partial charge < -0.3 is 18.9 Å². The number of ether oxygens (including phenoxy) is 4. The van der Waals surface area contributed by atoms with Gasteiger partial charge in [-0.25, -0.2) is 0 Å². The van der Waals surface area contributed by atoms with E-state index >= 15 is 0 Å². The molecule has 0 unspecified atom stereocenters. The molecule has 4 heteroatoms. The lowest BCUT2D eigenvalue weighted by Crippen LogP contribution is -2.01. The standard InChI is InChI=1S/C19H20O4/c1-20-13-8-9-14-12(10-13)6-5-7-15-16(14)11-17(21-2)19(23-4)18(15)22-3/h5-6,8-11H,7H2,1-4H3. The van der Waals surface area contributed by atoms with Gasteiger partial charge in [0.1, 0.15) is 5.75 Å². The van der Waals surface area contributed by atoms with E-state index in [-0.39, 0.29) is 0 Å². The largest absolute Gasteiger partial charge is 0.497 e. The Labute approximate surface area is 136 Å². The van der Waals surface area contributed by atoms with Crippen LogP contribution in [0.25, 0.3) is 17.2 Å². The second kappa shape index (κ2) is 6.24. The normalized spacial score (nSPS) is 12.0. The Hall–Kier alpha value is -2.62. The minimum Gasteiger partial charge on any atom is -0.497 e. The van der Waals surface area contributed by atoms with Crippen LogP contribution in [0.3, 0.4) is 0 Å². The maximum atomic E-state index is 5.63. The molecule has 2 aromatic carbocycles. The zero-order chi connectivity index (χ0) is 16.4. The molecule has 0 spiro atoms. The number of hydrogen-bond acceptors (Lipinski definition) is 4. The lowest BCUT2D eigenvalue weighted by molar-refractivity contribution is 0.323. The molecule has 0 aromatic heterocycles. The highest BCUT2D eigenvalue weighted by atomic mass is 16.5. The van der Waals surface area contributed by atoms with Gasteiger partial charge in [-0.05, 0) is 41.3 Å². The van der Waals surface area contributed by atoms with Crippen molar-refractivity contribution in [3.05, 3.63) is 41.5 Å². The molecule has 0 amide bonds. The average molecular weight is 312 g/mol. The highest BCUT2D eigenvalue weighted by Gasteiger charge is 2.23. The smallest absolute Gasteiger partial charge is 0.203 e. The Kier molecular flexibility index (Phi) is 4.15. The van der Waals surface area contributed by atoms with Gasteiger partial charge in [-0.1, -0.05) is 18.2 Å². The number of benzene rings is 2. The summed E-state index contributed by atoms with van der Waals surface area (Å²) in [6.07, 6.45) is 4.99. The maximum Gasteiger partial charge on any atom is 0.203 e. The monoisotopic (exact) mass is 312 g/mol. The maximum absolute atomic E-state index is 5.63. The number of rotatable bonds is 4. The zero-order valence-electron chi connectivity index (χ0n) is 13.8. The molecule has 0 fully saturated rings. The van der Waals surface area contributed by atoms with Gasteiger partial charge in [0.25, 0.3) is 0 Å². The molecule has 0 atom stereocenters. The summed E-state index contributed by atoms with van der Waals surface area (Å²) in [5.74, 6) is 2.84. The summed E-state index contributed by atoms with van der Waals surface area (Å²) in [4.78, 5) is 0. The Balaban J connectivity index is 2.31. The molecule has 23 heavy (non-hydrogen) atoms. The Bertz CT molecular complexity index is 762. The van der Waals surface area contributed by atoms with Gasteiger partial charge in [-0.15, -0.1) is 0 Å². The molecule has 0 saturated carbocycles. The number of methoxy groups -OCH3 is 4. The molecular formula is C19H20O4. The van der Waals surface area contributed by atoms with Crippen LogP contribution in [0, 0.1) is 0 Å². The molecule has 0 bridgehead atoms. The molecule has 0 radical (unpaired) electrons. The van der Waals surface area contributed by atoms with Crippen LogP contribution in [0.4, 0.5) is 0 Å². The third-order valence-electron chi connectivity index (χ3n) is 4.10. The van der Waals surface area contributed by atoms with Crippen molar-refractivity contribution in [2.24, 2.45) is 0 Å². The summed E-state index contributed by atoms with van der Waals surface area (Å²) in [5.41, 5.74) is 4.40. The van der Waals surface area contributed by atoms with Crippen molar-refractivity contribution in [1.82, 2.24) is 0 Å². The lowest BCUT2D eigenvalue weighted by atomic mass is 9.94. The minimum atomic E-state index is 0.624. The van der Waals surface area contributed by atoms with Gasteiger partial charge in [0.2, 0.25) is 5.75 Å². The molecule has 1 aliphatic rings. The Morgan fingerprint density at radius 2 is 1.57 bits per heavy atom. The first-order chi connectivity index (χ1) is 11.2. The molecule has 0 saturated heterocycles. The van der Waals surface area contributed by atoms with Gasteiger partial charge in [-0.3, -0.25) is 0 Å². The van der Waals surface area contributed by atoms with Gasteiger partial charge in [0.05, 0.1) is 28.4 Å². The van der Waals surface area contributed by atoms with Crippen molar-refractivity contribution < 1.29 is 18.9 Å².